The Balaban J connectivity index is 2.73. The molecule has 1 rings (SSSR count). The SMILES string of the molecule is [B]/C(P)=C\C(OC)[C@H](Cc1ccccc1)OC. The molecular weight excluding hydrogens is 230 g/mol. The van der Waals surface area contributed by atoms with Crippen molar-refractivity contribution in [3.05, 3.63) is 47.2 Å². The lowest BCUT2D eigenvalue weighted by Gasteiger charge is -2.23. The van der Waals surface area contributed by atoms with Gasteiger partial charge in [-0.25, -0.2) is 0 Å². The van der Waals surface area contributed by atoms with Crippen LogP contribution >= 0.6 is 9.24 Å². The normalized spacial score (nSPS) is 15.6. The third kappa shape index (κ3) is 5.03. The van der Waals surface area contributed by atoms with Gasteiger partial charge in [0.25, 0.3) is 0 Å². The fourth-order valence-electron chi connectivity index (χ4n) is 1.70. The van der Waals surface area contributed by atoms with Crippen LogP contribution in [0.1, 0.15) is 5.56 Å². The Hall–Kier alpha value is -0.625. The number of hydrogen-bond donors (Lipinski definition) is 0. The van der Waals surface area contributed by atoms with Gasteiger partial charge in [0.05, 0.1) is 6.10 Å². The molecule has 1 aromatic carbocycles. The van der Waals surface area contributed by atoms with E-state index in [0.717, 1.165) is 6.42 Å². The number of rotatable bonds is 6. The zero-order valence-corrected chi connectivity index (χ0v) is 11.5. The van der Waals surface area contributed by atoms with Crippen LogP contribution in [0.25, 0.3) is 0 Å². The molecule has 0 aliphatic rings. The van der Waals surface area contributed by atoms with E-state index < -0.39 is 0 Å². The van der Waals surface area contributed by atoms with Crippen molar-refractivity contribution in [3.8, 4) is 0 Å². The van der Waals surface area contributed by atoms with Crippen LogP contribution in [0.15, 0.2) is 41.6 Å². The second-order valence-electron chi connectivity index (χ2n) is 3.83. The maximum atomic E-state index is 5.64. The highest BCUT2D eigenvalue weighted by Gasteiger charge is 2.18. The van der Waals surface area contributed by atoms with Crippen LogP contribution in [0.4, 0.5) is 0 Å². The second kappa shape index (κ2) is 7.65. The molecule has 0 N–H and O–H groups in total. The Bertz CT molecular complexity index is 350. The van der Waals surface area contributed by atoms with Crippen LogP contribution in [0.5, 0.6) is 0 Å². The highest BCUT2D eigenvalue weighted by atomic mass is 31.0. The van der Waals surface area contributed by atoms with Gasteiger partial charge in [0.1, 0.15) is 14.0 Å². The molecule has 0 heterocycles. The van der Waals surface area contributed by atoms with Gasteiger partial charge >= 0.3 is 0 Å². The standard InChI is InChI=1S/C13H18BO2P/c1-15-11(12(16-2)9-13(14)17)8-10-6-4-3-5-7-10/h3-7,9,11-12H,8,17H2,1-2H3/b13-9+/t11-,12?/m0/s1. The number of ether oxygens (including phenoxy) is 2. The molecule has 0 aliphatic carbocycles. The van der Waals surface area contributed by atoms with Crippen molar-refractivity contribution in [2.24, 2.45) is 0 Å². The number of methoxy groups -OCH3 is 2. The summed E-state index contributed by atoms with van der Waals surface area (Å²) >= 11 is 0. The van der Waals surface area contributed by atoms with Crippen molar-refractivity contribution in [2.75, 3.05) is 14.2 Å². The number of hydrogen-bond acceptors (Lipinski definition) is 2. The topological polar surface area (TPSA) is 18.5 Å². The summed E-state index contributed by atoms with van der Waals surface area (Å²) in [5.41, 5.74) is 1.22. The molecule has 17 heavy (non-hydrogen) atoms. The van der Waals surface area contributed by atoms with Crippen LogP contribution in [-0.4, -0.2) is 34.3 Å². The molecular formula is C13H18BO2P. The van der Waals surface area contributed by atoms with Crippen LogP contribution in [0.2, 0.25) is 0 Å². The summed E-state index contributed by atoms with van der Waals surface area (Å²) < 4.78 is 10.9. The smallest absolute Gasteiger partial charge is 0.113 e. The van der Waals surface area contributed by atoms with E-state index in [4.69, 9.17) is 17.3 Å². The molecule has 0 aromatic heterocycles. The molecule has 4 heteroatoms. The van der Waals surface area contributed by atoms with E-state index in [9.17, 15) is 0 Å². The zero-order chi connectivity index (χ0) is 12.7. The highest BCUT2D eigenvalue weighted by molar-refractivity contribution is 7.26. The second-order valence-corrected chi connectivity index (χ2v) is 4.50. The molecule has 3 atom stereocenters. The molecule has 0 fully saturated rings. The maximum Gasteiger partial charge on any atom is 0.113 e. The first-order valence-corrected chi connectivity index (χ1v) is 6.07. The molecule has 1 aromatic rings. The van der Waals surface area contributed by atoms with Gasteiger partial charge in [-0.05, 0) is 5.56 Å². The van der Waals surface area contributed by atoms with Gasteiger partial charge in [0.2, 0.25) is 0 Å². The Morgan fingerprint density at radius 1 is 1.29 bits per heavy atom. The Morgan fingerprint density at radius 2 is 1.94 bits per heavy atom. The predicted molar refractivity (Wildman–Crippen MR) is 75.3 cm³/mol. The molecule has 0 amide bonds. The van der Waals surface area contributed by atoms with Crippen molar-refractivity contribution in [3.63, 3.8) is 0 Å². The third-order valence-corrected chi connectivity index (χ3v) is 2.77. The summed E-state index contributed by atoms with van der Waals surface area (Å²) in [6, 6.07) is 10.2. The number of benzene rings is 1. The van der Waals surface area contributed by atoms with Crippen molar-refractivity contribution in [2.45, 2.75) is 18.6 Å². The van der Waals surface area contributed by atoms with E-state index >= 15 is 0 Å². The van der Waals surface area contributed by atoms with Gasteiger partial charge in [-0.1, -0.05) is 36.4 Å². The van der Waals surface area contributed by atoms with E-state index in [2.05, 4.69) is 21.4 Å². The largest absolute Gasteiger partial charge is 0.378 e. The maximum absolute atomic E-state index is 5.64. The highest BCUT2D eigenvalue weighted by Crippen LogP contribution is 2.14. The van der Waals surface area contributed by atoms with Crippen molar-refractivity contribution in [1.82, 2.24) is 0 Å². The average Bonchev–Trinajstić information content (AvgIpc) is 2.34. The average molecular weight is 248 g/mol. The van der Waals surface area contributed by atoms with Crippen molar-refractivity contribution >= 4 is 17.1 Å². The monoisotopic (exact) mass is 248 g/mol. The van der Waals surface area contributed by atoms with E-state index in [1.54, 1.807) is 14.2 Å². The molecule has 0 spiro atoms. The van der Waals surface area contributed by atoms with Gasteiger partial charge in [0, 0.05) is 20.6 Å². The van der Waals surface area contributed by atoms with E-state index in [1.807, 2.05) is 24.3 Å². The van der Waals surface area contributed by atoms with Crippen LogP contribution in [-0.2, 0) is 15.9 Å². The van der Waals surface area contributed by atoms with Crippen LogP contribution < -0.4 is 0 Å². The summed E-state index contributed by atoms with van der Waals surface area (Å²) in [5, 5.41) is 0.659. The molecule has 0 aliphatic heterocycles. The lowest BCUT2D eigenvalue weighted by atomic mass is 10.0. The molecule has 90 valence electrons. The molecule has 0 saturated carbocycles. The Kier molecular flexibility index (Phi) is 6.50. The lowest BCUT2D eigenvalue weighted by molar-refractivity contribution is -0.0107. The molecule has 0 saturated heterocycles. The Labute approximate surface area is 107 Å². The fraction of sp³-hybridized carbons (Fsp3) is 0.385. The van der Waals surface area contributed by atoms with Crippen LogP contribution in [0.3, 0.4) is 0 Å². The quantitative estimate of drug-likeness (QED) is 0.567. The molecule has 2 radical (unpaired) electrons. The first-order chi connectivity index (χ1) is 8.17. The summed E-state index contributed by atoms with van der Waals surface area (Å²) in [5.74, 6) is 0. The van der Waals surface area contributed by atoms with Gasteiger partial charge in [-0.3, -0.25) is 0 Å². The minimum absolute atomic E-state index is 0.0403. The van der Waals surface area contributed by atoms with E-state index in [-0.39, 0.29) is 12.2 Å². The van der Waals surface area contributed by atoms with Gasteiger partial charge in [-0.2, -0.15) is 0 Å². The Morgan fingerprint density at radius 3 is 2.41 bits per heavy atom. The van der Waals surface area contributed by atoms with Crippen molar-refractivity contribution in [1.29, 1.82) is 0 Å². The molecule has 2 nitrogen and oxygen atoms in total. The predicted octanol–water partition coefficient (Wildman–Crippen LogP) is 2.14. The van der Waals surface area contributed by atoms with Crippen LogP contribution in [0, 0.1) is 0 Å². The van der Waals surface area contributed by atoms with E-state index in [1.165, 1.54) is 5.56 Å². The van der Waals surface area contributed by atoms with Gasteiger partial charge < -0.3 is 9.47 Å². The minimum atomic E-state index is -0.141. The minimum Gasteiger partial charge on any atom is -0.378 e. The van der Waals surface area contributed by atoms with Gasteiger partial charge in [-0.15, -0.1) is 14.5 Å². The zero-order valence-electron chi connectivity index (χ0n) is 10.3. The molecule has 0 bridgehead atoms. The first kappa shape index (κ1) is 14.4. The fourth-order valence-corrected chi connectivity index (χ4v) is 1.89. The summed E-state index contributed by atoms with van der Waals surface area (Å²) in [6.07, 6.45) is 2.46. The summed E-state index contributed by atoms with van der Waals surface area (Å²) in [4.78, 5) is 0. The van der Waals surface area contributed by atoms with Gasteiger partial charge in [0.15, 0.2) is 0 Å². The molecule has 2 unspecified atom stereocenters. The summed E-state index contributed by atoms with van der Waals surface area (Å²) in [7, 11) is 11.4. The lowest BCUT2D eigenvalue weighted by Crippen LogP contribution is -2.30. The summed E-state index contributed by atoms with van der Waals surface area (Å²) in [6.45, 7) is 0. The van der Waals surface area contributed by atoms with E-state index in [0.29, 0.717) is 5.21 Å². The van der Waals surface area contributed by atoms with Crippen molar-refractivity contribution < 1.29 is 9.47 Å². The third-order valence-electron chi connectivity index (χ3n) is 2.58. The first-order valence-electron chi connectivity index (χ1n) is 5.49.